The van der Waals surface area contributed by atoms with E-state index in [2.05, 4.69) is 15.0 Å². The quantitative estimate of drug-likeness (QED) is 0.666. The van der Waals surface area contributed by atoms with Crippen LogP contribution in [0, 0.1) is 12.7 Å². The lowest BCUT2D eigenvalue weighted by Crippen LogP contribution is -2.23. The first-order chi connectivity index (χ1) is 13.3. The van der Waals surface area contributed by atoms with Crippen LogP contribution in [0.5, 0.6) is 0 Å². The maximum absolute atomic E-state index is 13.3. The topological polar surface area (TPSA) is 88.2 Å². The van der Waals surface area contributed by atoms with E-state index >= 15 is 0 Å². The van der Waals surface area contributed by atoms with Crippen LogP contribution in [0.1, 0.15) is 21.6 Å². The normalized spacial score (nSPS) is 11.1. The SMILES string of the molecule is Cc1cc(S(=O)(=O)Nc2ccc(C(=O)NCc3ccccn3)cc2)ccc1F. The molecule has 0 atom stereocenters. The van der Waals surface area contributed by atoms with E-state index in [-0.39, 0.29) is 22.9 Å². The summed E-state index contributed by atoms with van der Waals surface area (Å²) in [6, 6.07) is 15.0. The molecule has 1 aromatic heterocycles. The number of halogens is 1. The first-order valence-electron chi connectivity index (χ1n) is 8.42. The molecule has 1 amide bonds. The lowest BCUT2D eigenvalue weighted by Gasteiger charge is -2.10. The van der Waals surface area contributed by atoms with Crippen molar-refractivity contribution in [2.24, 2.45) is 0 Å². The summed E-state index contributed by atoms with van der Waals surface area (Å²) in [7, 11) is -3.86. The third-order valence-corrected chi connectivity index (χ3v) is 5.37. The molecule has 2 aromatic carbocycles. The Morgan fingerprint density at radius 3 is 2.46 bits per heavy atom. The highest BCUT2D eigenvalue weighted by Crippen LogP contribution is 2.19. The summed E-state index contributed by atoms with van der Waals surface area (Å²) in [5.74, 6) is -0.769. The van der Waals surface area contributed by atoms with Crippen LogP contribution in [-0.2, 0) is 16.6 Å². The van der Waals surface area contributed by atoms with Crippen LogP contribution in [0.3, 0.4) is 0 Å². The van der Waals surface area contributed by atoms with Gasteiger partial charge in [0.25, 0.3) is 15.9 Å². The third kappa shape index (κ3) is 4.72. The zero-order valence-corrected chi connectivity index (χ0v) is 15.8. The molecule has 0 aliphatic rings. The molecule has 144 valence electrons. The van der Waals surface area contributed by atoms with Gasteiger partial charge >= 0.3 is 0 Å². The van der Waals surface area contributed by atoms with Gasteiger partial charge in [0, 0.05) is 17.4 Å². The monoisotopic (exact) mass is 399 g/mol. The molecule has 1 heterocycles. The number of aryl methyl sites for hydroxylation is 1. The van der Waals surface area contributed by atoms with Crippen molar-refractivity contribution in [3.8, 4) is 0 Å². The molecule has 0 unspecified atom stereocenters. The molecule has 8 heteroatoms. The Morgan fingerprint density at radius 2 is 1.82 bits per heavy atom. The van der Waals surface area contributed by atoms with Gasteiger partial charge in [-0.15, -0.1) is 0 Å². The molecule has 3 rings (SSSR count). The number of anilines is 1. The molecular weight excluding hydrogens is 381 g/mol. The fourth-order valence-corrected chi connectivity index (χ4v) is 3.61. The van der Waals surface area contributed by atoms with Crippen molar-refractivity contribution in [1.29, 1.82) is 0 Å². The van der Waals surface area contributed by atoms with Crippen LogP contribution in [0.25, 0.3) is 0 Å². The first kappa shape index (κ1) is 19.5. The number of rotatable bonds is 6. The predicted molar refractivity (Wildman–Crippen MR) is 104 cm³/mol. The highest BCUT2D eigenvalue weighted by molar-refractivity contribution is 7.92. The van der Waals surface area contributed by atoms with E-state index in [1.807, 2.05) is 6.07 Å². The molecule has 0 spiro atoms. The minimum Gasteiger partial charge on any atom is -0.346 e. The van der Waals surface area contributed by atoms with Crippen molar-refractivity contribution in [3.05, 3.63) is 89.5 Å². The Morgan fingerprint density at radius 1 is 1.07 bits per heavy atom. The number of carbonyl (C=O) groups is 1. The zero-order chi connectivity index (χ0) is 20.1. The molecule has 0 fully saturated rings. The van der Waals surface area contributed by atoms with Crippen LogP contribution < -0.4 is 10.0 Å². The Labute approximate surface area is 162 Å². The number of sulfonamides is 1. The van der Waals surface area contributed by atoms with E-state index in [0.29, 0.717) is 11.3 Å². The fourth-order valence-electron chi connectivity index (χ4n) is 2.46. The second-order valence-electron chi connectivity index (χ2n) is 6.10. The molecule has 0 aliphatic heterocycles. The van der Waals surface area contributed by atoms with E-state index in [0.717, 1.165) is 11.8 Å². The van der Waals surface area contributed by atoms with Gasteiger partial charge < -0.3 is 5.32 Å². The molecule has 0 saturated carbocycles. The predicted octanol–water partition coefficient (Wildman–Crippen LogP) is 3.26. The van der Waals surface area contributed by atoms with Gasteiger partial charge in [0.05, 0.1) is 17.1 Å². The van der Waals surface area contributed by atoms with Gasteiger partial charge in [-0.1, -0.05) is 6.07 Å². The van der Waals surface area contributed by atoms with Crippen LogP contribution >= 0.6 is 0 Å². The lowest BCUT2D eigenvalue weighted by atomic mass is 10.2. The van der Waals surface area contributed by atoms with Gasteiger partial charge in [-0.05, 0) is 67.1 Å². The van der Waals surface area contributed by atoms with E-state index in [1.165, 1.54) is 43.3 Å². The highest BCUT2D eigenvalue weighted by Gasteiger charge is 2.16. The summed E-state index contributed by atoms with van der Waals surface area (Å²) in [5, 5.41) is 2.74. The first-order valence-corrected chi connectivity index (χ1v) is 9.90. The number of benzene rings is 2. The molecule has 28 heavy (non-hydrogen) atoms. The van der Waals surface area contributed by atoms with Crippen LogP contribution in [-0.4, -0.2) is 19.3 Å². The number of aromatic nitrogens is 1. The van der Waals surface area contributed by atoms with E-state index < -0.39 is 15.8 Å². The van der Waals surface area contributed by atoms with E-state index in [9.17, 15) is 17.6 Å². The maximum Gasteiger partial charge on any atom is 0.261 e. The van der Waals surface area contributed by atoms with E-state index in [1.54, 1.807) is 18.3 Å². The average Bonchev–Trinajstić information content (AvgIpc) is 2.69. The number of amides is 1. The van der Waals surface area contributed by atoms with Gasteiger partial charge in [-0.25, -0.2) is 12.8 Å². The summed E-state index contributed by atoms with van der Waals surface area (Å²) in [6.07, 6.45) is 1.64. The van der Waals surface area contributed by atoms with Gasteiger partial charge in [-0.2, -0.15) is 0 Å². The van der Waals surface area contributed by atoms with Crippen LogP contribution in [0.4, 0.5) is 10.1 Å². The van der Waals surface area contributed by atoms with Gasteiger partial charge in [0.15, 0.2) is 0 Å². The van der Waals surface area contributed by atoms with Crippen molar-refractivity contribution in [1.82, 2.24) is 10.3 Å². The number of nitrogens with zero attached hydrogens (tertiary/aromatic N) is 1. The molecule has 0 radical (unpaired) electrons. The Hall–Kier alpha value is -3.26. The smallest absolute Gasteiger partial charge is 0.261 e. The maximum atomic E-state index is 13.3. The van der Waals surface area contributed by atoms with Gasteiger partial charge in [0.1, 0.15) is 5.82 Å². The zero-order valence-electron chi connectivity index (χ0n) is 15.0. The largest absolute Gasteiger partial charge is 0.346 e. The number of carbonyl (C=O) groups excluding carboxylic acids is 1. The number of hydrogen-bond acceptors (Lipinski definition) is 4. The number of pyridine rings is 1. The second kappa shape index (κ2) is 8.18. The Balaban J connectivity index is 1.66. The summed E-state index contributed by atoms with van der Waals surface area (Å²) in [6.45, 7) is 1.78. The summed E-state index contributed by atoms with van der Waals surface area (Å²) >= 11 is 0. The van der Waals surface area contributed by atoms with Gasteiger partial charge in [0.2, 0.25) is 0 Å². The fraction of sp³-hybridized carbons (Fsp3) is 0.100. The minimum atomic E-state index is -3.86. The lowest BCUT2D eigenvalue weighted by molar-refractivity contribution is 0.0950. The minimum absolute atomic E-state index is 0.0384. The molecule has 6 nitrogen and oxygen atoms in total. The Bertz CT molecular complexity index is 1090. The highest BCUT2D eigenvalue weighted by atomic mass is 32.2. The molecule has 0 saturated heterocycles. The number of hydrogen-bond donors (Lipinski definition) is 2. The van der Waals surface area contributed by atoms with E-state index in [4.69, 9.17) is 0 Å². The second-order valence-corrected chi connectivity index (χ2v) is 7.78. The van der Waals surface area contributed by atoms with Crippen molar-refractivity contribution in [3.63, 3.8) is 0 Å². The number of nitrogens with one attached hydrogen (secondary N) is 2. The van der Waals surface area contributed by atoms with Crippen LogP contribution in [0.15, 0.2) is 71.8 Å². The standard InChI is InChI=1S/C20H18FN3O3S/c1-14-12-18(9-10-19(14)21)28(26,27)24-16-7-5-15(6-8-16)20(25)23-13-17-4-2-3-11-22-17/h2-12,24H,13H2,1H3,(H,23,25). The summed E-state index contributed by atoms with van der Waals surface area (Å²) < 4.78 is 40.6. The van der Waals surface area contributed by atoms with Crippen molar-refractivity contribution < 1.29 is 17.6 Å². The van der Waals surface area contributed by atoms with Gasteiger partial charge in [-0.3, -0.25) is 14.5 Å². The third-order valence-electron chi connectivity index (χ3n) is 4.00. The molecule has 3 aromatic rings. The molecular formula is C20H18FN3O3S. The van der Waals surface area contributed by atoms with Crippen molar-refractivity contribution in [2.75, 3.05) is 4.72 Å². The summed E-state index contributed by atoms with van der Waals surface area (Å²) in [4.78, 5) is 16.3. The molecule has 2 N–H and O–H groups in total. The average molecular weight is 399 g/mol. The molecule has 0 aliphatic carbocycles. The Kier molecular flexibility index (Phi) is 5.70. The molecule has 0 bridgehead atoms. The van der Waals surface area contributed by atoms with Crippen molar-refractivity contribution in [2.45, 2.75) is 18.4 Å². The summed E-state index contributed by atoms with van der Waals surface area (Å²) in [5.41, 5.74) is 1.65. The van der Waals surface area contributed by atoms with Crippen LogP contribution in [0.2, 0.25) is 0 Å². The van der Waals surface area contributed by atoms with Crippen molar-refractivity contribution >= 4 is 21.6 Å².